The molecule has 0 amide bonds. The van der Waals surface area contributed by atoms with Crippen LogP contribution < -0.4 is 11.1 Å². The van der Waals surface area contributed by atoms with Gasteiger partial charge in [-0.3, -0.25) is 0 Å². The van der Waals surface area contributed by atoms with Crippen molar-refractivity contribution >= 4 is 34.9 Å². The van der Waals surface area contributed by atoms with Gasteiger partial charge in [-0.15, -0.1) is 0 Å². The molecule has 1 aromatic rings. The number of hydrogen-bond acceptors (Lipinski definition) is 4. The summed E-state index contributed by atoms with van der Waals surface area (Å²) in [6, 6.07) is 3.97. The number of thioether (sulfide) groups is 1. The van der Waals surface area contributed by atoms with Gasteiger partial charge in [0.25, 0.3) is 0 Å². The summed E-state index contributed by atoms with van der Waals surface area (Å²) in [5, 5.41) is 4.58. The molecule has 1 heterocycles. The van der Waals surface area contributed by atoms with Crippen LogP contribution in [0.5, 0.6) is 0 Å². The fourth-order valence-corrected chi connectivity index (χ4v) is 3.36. The summed E-state index contributed by atoms with van der Waals surface area (Å²) in [6.45, 7) is 0. The van der Waals surface area contributed by atoms with Gasteiger partial charge >= 0.3 is 0 Å². The van der Waals surface area contributed by atoms with Crippen molar-refractivity contribution < 1.29 is 0 Å². The first-order valence-electron chi connectivity index (χ1n) is 5.92. The maximum Gasteiger partial charge on any atom is 0.151 e. The number of anilines is 2. The molecule has 1 aliphatic carbocycles. The van der Waals surface area contributed by atoms with Crippen molar-refractivity contribution in [3.63, 3.8) is 0 Å². The van der Waals surface area contributed by atoms with E-state index in [1.807, 2.05) is 11.8 Å². The van der Waals surface area contributed by atoms with Gasteiger partial charge in [0.15, 0.2) is 5.82 Å². The minimum atomic E-state index is 0.451. The van der Waals surface area contributed by atoms with Crippen molar-refractivity contribution in [1.29, 1.82) is 0 Å². The van der Waals surface area contributed by atoms with E-state index in [2.05, 4.69) is 16.6 Å². The van der Waals surface area contributed by atoms with Crippen molar-refractivity contribution in [2.24, 2.45) is 0 Å². The molecule has 0 aliphatic heterocycles. The van der Waals surface area contributed by atoms with E-state index in [1.165, 1.54) is 25.7 Å². The summed E-state index contributed by atoms with van der Waals surface area (Å²) in [4.78, 5) is 4.26. The highest BCUT2D eigenvalue weighted by Crippen LogP contribution is 2.30. The third-order valence-electron chi connectivity index (χ3n) is 3.22. The van der Waals surface area contributed by atoms with Crippen LogP contribution in [0.25, 0.3) is 0 Å². The van der Waals surface area contributed by atoms with Gasteiger partial charge in [0.1, 0.15) is 5.15 Å². The van der Waals surface area contributed by atoms with E-state index in [1.54, 1.807) is 12.1 Å². The average Bonchev–Trinajstić information content (AvgIpc) is 2.34. The molecule has 0 radical (unpaired) electrons. The minimum Gasteiger partial charge on any atom is -0.396 e. The molecule has 2 atom stereocenters. The van der Waals surface area contributed by atoms with Crippen molar-refractivity contribution in [1.82, 2.24) is 4.98 Å². The third-order valence-corrected chi connectivity index (χ3v) is 4.60. The van der Waals surface area contributed by atoms with Crippen molar-refractivity contribution in [2.45, 2.75) is 37.0 Å². The zero-order valence-corrected chi connectivity index (χ0v) is 11.5. The Hall–Kier alpha value is -0.610. The summed E-state index contributed by atoms with van der Waals surface area (Å²) in [5.74, 6) is 0.725. The van der Waals surface area contributed by atoms with E-state index >= 15 is 0 Å². The van der Waals surface area contributed by atoms with E-state index in [0.717, 1.165) is 5.82 Å². The molecule has 0 spiro atoms. The predicted molar refractivity (Wildman–Crippen MR) is 76.8 cm³/mol. The number of nitrogen functional groups attached to an aromatic ring is 1. The van der Waals surface area contributed by atoms with Gasteiger partial charge in [-0.05, 0) is 31.2 Å². The van der Waals surface area contributed by atoms with E-state index < -0.39 is 0 Å². The molecule has 1 aliphatic rings. The second-order valence-electron chi connectivity index (χ2n) is 4.38. The van der Waals surface area contributed by atoms with Crippen LogP contribution in [0.3, 0.4) is 0 Å². The summed E-state index contributed by atoms with van der Waals surface area (Å²) in [6.07, 6.45) is 7.20. The minimum absolute atomic E-state index is 0.451. The maximum atomic E-state index is 5.90. The lowest BCUT2D eigenvalue weighted by molar-refractivity contribution is 0.474. The second kappa shape index (κ2) is 5.83. The van der Waals surface area contributed by atoms with E-state index in [-0.39, 0.29) is 0 Å². The molecule has 0 bridgehead atoms. The molecule has 3 nitrogen and oxygen atoms in total. The smallest absolute Gasteiger partial charge is 0.151 e. The number of halogens is 1. The lowest BCUT2D eigenvalue weighted by Gasteiger charge is -2.31. The SMILES string of the molecule is CSC1CCCCC1Nc1nc(Cl)ccc1N. The number of rotatable bonds is 3. The Bertz CT molecular complexity index is 386. The van der Waals surface area contributed by atoms with Gasteiger partial charge in [0.05, 0.1) is 5.69 Å². The Morgan fingerprint density at radius 2 is 2.18 bits per heavy atom. The lowest BCUT2D eigenvalue weighted by Crippen LogP contribution is -2.34. The number of nitrogens with two attached hydrogens (primary N) is 1. The number of aromatic nitrogens is 1. The Morgan fingerprint density at radius 1 is 1.41 bits per heavy atom. The molecule has 2 rings (SSSR count). The molecular formula is C12H18ClN3S. The van der Waals surface area contributed by atoms with Crippen LogP contribution in [0, 0.1) is 0 Å². The third kappa shape index (κ3) is 3.19. The van der Waals surface area contributed by atoms with Crippen molar-refractivity contribution in [2.75, 3.05) is 17.3 Å². The maximum absolute atomic E-state index is 5.90. The number of pyridine rings is 1. The van der Waals surface area contributed by atoms with Gasteiger partial charge in [0.2, 0.25) is 0 Å². The topological polar surface area (TPSA) is 50.9 Å². The number of nitrogens with one attached hydrogen (secondary N) is 1. The highest BCUT2D eigenvalue weighted by molar-refractivity contribution is 7.99. The van der Waals surface area contributed by atoms with Gasteiger partial charge < -0.3 is 11.1 Å². The van der Waals surface area contributed by atoms with Crippen LogP contribution >= 0.6 is 23.4 Å². The number of nitrogens with zero attached hydrogens (tertiary/aromatic N) is 1. The van der Waals surface area contributed by atoms with Gasteiger partial charge in [-0.1, -0.05) is 24.4 Å². The van der Waals surface area contributed by atoms with Crippen LogP contribution in [0.15, 0.2) is 12.1 Å². The Kier molecular flexibility index (Phi) is 4.40. The predicted octanol–water partition coefficient (Wildman–Crippen LogP) is 3.40. The molecule has 0 aromatic carbocycles. The molecule has 17 heavy (non-hydrogen) atoms. The highest BCUT2D eigenvalue weighted by Gasteiger charge is 2.24. The first-order chi connectivity index (χ1) is 8.20. The van der Waals surface area contributed by atoms with E-state index in [9.17, 15) is 0 Å². The summed E-state index contributed by atoms with van der Waals surface area (Å²) in [7, 11) is 0. The van der Waals surface area contributed by atoms with Crippen LogP contribution in [-0.2, 0) is 0 Å². The molecule has 0 saturated heterocycles. The normalized spacial score (nSPS) is 24.6. The standard InChI is InChI=1S/C12H18ClN3S/c1-17-10-5-3-2-4-9(10)15-12-8(14)6-7-11(13)16-12/h6-7,9-10H,2-5,14H2,1H3,(H,15,16). The quantitative estimate of drug-likeness (QED) is 0.828. The van der Waals surface area contributed by atoms with Crippen LogP contribution in [0.4, 0.5) is 11.5 Å². The first-order valence-corrected chi connectivity index (χ1v) is 7.58. The zero-order valence-electron chi connectivity index (χ0n) is 9.95. The fourth-order valence-electron chi connectivity index (χ4n) is 2.28. The Labute approximate surface area is 112 Å². The van der Waals surface area contributed by atoms with Gasteiger partial charge in [-0.25, -0.2) is 4.98 Å². The van der Waals surface area contributed by atoms with Gasteiger partial charge in [0, 0.05) is 11.3 Å². The first kappa shape index (κ1) is 12.8. The molecule has 94 valence electrons. The average molecular weight is 272 g/mol. The second-order valence-corrected chi connectivity index (χ2v) is 5.85. The molecule has 2 unspecified atom stereocenters. The summed E-state index contributed by atoms with van der Waals surface area (Å²) in [5.41, 5.74) is 6.57. The molecule has 3 N–H and O–H groups in total. The lowest BCUT2D eigenvalue weighted by atomic mass is 9.95. The zero-order chi connectivity index (χ0) is 12.3. The van der Waals surface area contributed by atoms with Crippen LogP contribution in [-0.4, -0.2) is 22.5 Å². The molecule has 1 aromatic heterocycles. The molecule has 5 heteroatoms. The van der Waals surface area contributed by atoms with E-state index in [4.69, 9.17) is 17.3 Å². The molecular weight excluding hydrogens is 254 g/mol. The van der Waals surface area contributed by atoms with E-state index in [0.29, 0.717) is 22.1 Å². The van der Waals surface area contributed by atoms with Crippen LogP contribution in [0.1, 0.15) is 25.7 Å². The Balaban J connectivity index is 2.10. The Morgan fingerprint density at radius 3 is 2.94 bits per heavy atom. The van der Waals surface area contributed by atoms with Gasteiger partial charge in [-0.2, -0.15) is 11.8 Å². The monoisotopic (exact) mass is 271 g/mol. The van der Waals surface area contributed by atoms with Crippen LogP contribution in [0.2, 0.25) is 5.15 Å². The highest BCUT2D eigenvalue weighted by atomic mass is 35.5. The molecule has 1 saturated carbocycles. The largest absolute Gasteiger partial charge is 0.396 e. The fraction of sp³-hybridized carbons (Fsp3) is 0.583. The summed E-state index contributed by atoms with van der Waals surface area (Å²) >= 11 is 7.81. The number of hydrogen-bond donors (Lipinski definition) is 2. The van der Waals surface area contributed by atoms with Crippen molar-refractivity contribution in [3.8, 4) is 0 Å². The van der Waals surface area contributed by atoms with Crippen molar-refractivity contribution in [3.05, 3.63) is 17.3 Å². The molecule has 1 fully saturated rings. The summed E-state index contributed by atoms with van der Waals surface area (Å²) < 4.78 is 0.